The summed E-state index contributed by atoms with van der Waals surface area (Å²) < 4.78 is 18.8. The fourth-order valence-corrected chi connectivity index (χ4v) is 6.35. The smallest absolute Gasteiger partial charge is 0.410 e. The lowest BCUT2D eigenvalue weighted by atomic mass is 9.99. The maximum atomic E-state index is 14.3. The van der Waals surface area contributed by atoms with Crippen LogP contribution in [0, 0.1) is 17.1 Å². The number of amides is 5. The van der Waals surface area contributed by atoms with Gasteiger partial charge in [0.1, 0.15) is 30.3 Å². The maximum Gasteiger partial charge on any atom is 0.414 e. The Morgan fingerprint density at radius 2 is 1.66 bits per heavy atom. The van der Waals surface area contributed by atoms with E-state index in [0.717, 1.165) is 21.9 Å². The fourth-order valence-electron chi connectivity index (χ4n) is 6.35. The third-order valence-electron chi connectivity index (χ3n) is 8.85. The lowest BCUT2D eigenvalue weighted by molar-refractivity contribution is -0.157. The molecule has 0 saturated carbocycles. The first-order chi connectivity index (χ1) is 24.1. The van der Waals surface area contributed by atoms with Crippen molar-refractivity contribution in [3.05, 3.63) is 114 Å². The quantitative estimate of drug-likeness (QED) is 0.264. The first kappa shape index (κ1) is 33.9. The van der Waals surface area contributed by atoms with E-state index in [2.05, 4.69) is 5.32 Å². The minimum absolute atomic E-state index is 0.0748. The highest BCUT2D eigenvalue weighted by atomic mass is 19.1. The van der Waals surface area contributed by atoms with E-state index in [4.69, 9.17) is 4.74 Å². The van der Waals surface area contributed by atoms with E-state index >= 15 is 0 Å². The van der Waals surface area contributed by atoms with Crippen molar-refractivity contribution in [1.29, 1.82) is 5.26 Å². The number of carbonyl (C=O) groups is 4. The molecule has 0 aromatic heterocycles. The third kappa shape index (κ3) is 7.20. The van der Waals surface area contributed by atoms with Crippen LogP contribution >= 0.6 is 0 Å². The molecule has 13 heteroatoms. The van der Waals surface area contributed by atoms with E-state index in [9.17, 15) is 28.8 Å². The number of benzene rings is 4. The van der Waals surface area contributed by atoms with Crippen molar-refractivity contribution in [2.24, 2.45) is 0 Å². The highest BCUT2D eigenvalue weighted by Gasteiger charge is 2.52. The van der Waals surface area contributed by atoms with Crippen molar-refractivity contribution in [3.8, 4) is 11.8 Å². The van der Waals surface area contributed by atoms with Gasteiger partial charge in [-0.05, 0) is 51.7 Å². The molecule has 4 aromatic carbocycles. The van der Waals surface area contributed by atoms with Crippen LogP contribution in [-0.2, 0) is 29.1 Å². The van der Waals surface area contributed by atoms with E-state index in [1.54, 1.807) is 60.4 Å². The van der Waals surface area contributed by atoms with Gasteiger partial charge in [-0.3, -0.25) is 9.59 Å². The Balaban J connectivity index is 1.30. The number of nitrogens with zero attached hydrogens (tertiary/aromatic N) is 6. The summed E-state index contributed by atoms with van der Waals surface area (Å²) in [6.07, 6.45) is -1.11. The average molecular weight is 678 g/mol. The summed E-state index contributed by atoms with van der Waals surface area (Å²) in [5.74, 6) is -0.677. The molecule has 12 nitrogen and oxygen atoms in total. The van der Waals surface area contributed by atoms with Crippen LogP contribution in [0.25, 0.3) is 10.8 Å². The minimum Gasteiger partial charge on any atom is -0.410 e. The van der Waals surface area contributed by atoms with Crippen LogP contribution in [0.5, 0.6) is 5.75 Å². The molecule has 4 aromatic rings. The summed E-state index contributed by atoms with van der Waals surface area (Å²) in [6.45, 7) is -0.136. The lowest BCUT2D eigenvalue weighted by Crippen LogP contribution is -2.66. The van der Waals surface area contributed by atoms with Crippen molar-refractivity contribution >= 4 is 34.7 Å². The molecule has 5 amide bonds. The number of ether oxygens (including phenoxy) is 1. The first-order valence-corrected chi connectivity index (χ1v) is 16.1. The molecule has 6 rings (SSSR count). The Kier molecular flexibility index (Phi) is 9.92. The maximum absolute atomic E-state index is 14.3. The van der Waals surface area contributed by atoms with E-state index in [-0.39, 0.29) is 51.0 Å². The number of piperazine rings is 1. The SMILES string of the molecule is CN(C)C(=O)Oc1ccc(C[C@H]2C(=O)N(Cc3cccc4ccccc34)C[C@H]3N2C(=O)CN3N(CC#N)C(=O)NCc2ccc(F)cc2)cc1. The van der Waals surface area contributed by atoms with Crippen molar-refractivity contribution in [2.75, 3.05) is 33.7 Å². The standard InChI is InChI=1S/C37H36FN7O5/c1-41(2)37(49)50-30-16-12-25(13-17-30)20-32-35(47)42(22-28-8-5-7-27-6-3-4-9-31(27)28)23-33-44(24-34(46)45(32)33)43(19-18-39)36(48)40-21-26-10-14-29(38)15-11-26/h3-17,32-33H,19-24H2,1-2H3,(H,40,48)/t32-,33+/m0/s1. The number of urea groups is 1. The molecule has 50 heavy (non-hydrogen) atoms. The van der Waals surface area contributed by atoms with Crippen LogP contribution < -0.4 is 10.1 Å². The molecule has 0 unspecified atom stereocenters. The second-order valence-corrected chi connectivity index (χ2v) is 12.4. The molecule has 2 fully saturated rings. The van der Waals surface area contributed by atoms with Gasteiger partial charge in [-0.1, -0.05) is 66.7 Å². The number of nitriles is 1. The van der Waals surface area contributed by atoms with Gasteiger partial charge < -0.3 is 24.8 Å². The van der Waals surface area contributed by atoms with Gasteiger partial charge in [0.25, 0.3) is 0 Å². The normalized spacial score (nSPS) is 17.3. The molecule has 0 aliphatic carbocycles. The van der Waals surface area contributed by atoms with Crippen molar-refractivity contribution < 1.29 is 28.3 Å². The molecule has 0 radical (unpaired) electrons. The van der Waals surface area contributed by atoms with Crippen molar-refractivity contribution in [1.82, 2.24) is 30.0 Å². The zero-order chi connectivity index (χ0) is 35.4. The molecule has 2 aliphatic rings. The van der Waals surface area contributed by atoms with Gasteiger partial charge in [0.15, 0.2) is 0 Å². The predicted octanol–water partition coefficient (Wildman–Crippen LogP) is 4.11. The topological polar surface area (TPSA) is 130 Å². The zero-order valence-corrected chi connectivity index (χ0v) is 27.7. The Morgan fingerprint density at radius 1 is 0.960 bits per heavy atom. The van der Waals surface area contributed by atoms with Crippen LogP contribution in [0.2, 0.25) is 0 Å². The number of carbonyl (C=O) groups excluding carboxylic acids is 4. The number of nitrogens with one attached hydrogen (secondary N) is 1. The van der Waals surface area contributed by atoms with Gasteiger partial charge in [0.2, 0.25) is 11.8 Å². The molecular formula is C37H36FN7O5. The summed E-state index contributed by atoms with van der Waals surface area (Å²) in [6, 6.07) is 26.7. The second-order valence-electron chi connectivity index (χ2n) is 12.4. The number of halogens is 1. The van der Waals surface area contributed by atoms with Gasteiger partial charge in [0, 0.05) is 33.6 Å². The van der Waals surface area contributed by atoms with Gasteiger partial charge in [-0.25, -0.2) is 19.0 Å². The molecule has 2 atom stereocenters. The molecule has 256 valence electrons. The van der Waals surface area contributed by atoms with Crippen LogP contribution in [0.4, 0.5) is 14.0 Å². The van der Waals surface area contributed by atoms with Crippen molar-refractivity contribution in [3.63, 3.8) is 0 Å². The fraction of sp³-hybridized carbons (Fsp3) is 0.270. The minimum atomic E-state index is -0.914. The monoisotopic (exact) mass is 677 g/mol. The summed E-state index contributed by atoms with van der Waals surface area (Å²) in [5.41, 5.74) is 2.32. The summed E-state index contributed by atoms with van der Waals surface area (Å²) in [7, 11) is 3.16. The van der Waals surface area contributed by atoms with Gasteiger partial charge in [-0.15, -0.1) is 0 Å². The number of fused-ring (bicyclic) bond motifs is 2. The summed E-state index contributed by atoms with van der Waals surface area (Å²) in [5, 5.41) is 17.3. The van der Waals surface area contributed by atoms with Gasteiger partial charge in [0.05, 0.1) is 19.2 Å². The highest BCUT2D eigenvalue weighted by molar-refractivity contribution is 5.92. The van der Waals surface area contributed by atoms with Crippen LogP contribution in [-0.4, -0.2) is 94.6 Å². The van der Waals surface area contributed by atoms with Crippen LogP contribution in [0.3, 0.4) is 0 Å². The lowest BCUT2D eigenvalue weighted by Gasteiger charge is -2.46. The van der Waals surface area contributed by atoms with E-state index in [0.29, 0.717) is 11.3 Å². The largest absolute Gasteiger partial charge is 0.414 e. The Bertz CT molecular complexity index is 1940. The number of hydrazine groups is 1. The van der Waals surface area contributed by atoms with Crippen LogP contribution in [0.15, 0.2) is 91.0 Å². The van der Waals surface area contributed by atoms with E-state index < -0.39 is 30.1 Å². The third-order valence-corrected chi connectivity index (χ3v) is 8.85. The van der Waals surface area contributed by atoms with Gasteiger partial charge >= 0.3 is 12.1 Å². The number of hydrogen-bond donors (Lipinski definition) is 1. The van der Waals surface area contributed by atoms with Gasteiger partial charge in [-0.2, -0.15) is 10.3 Å². The molecule has 2 saturated heterocycles. The number of rotatable bonds is 9. The molecule has 1 N–H and O–H groups in total. The molecule has 0 spiro atoms. The molecular weight excluding hydrogens is 641 g/mol. The Morgan fingerprint density at radius 3 is 2.38 bits per heavy atom. The molecule has 2 aliphatic heterocycles. The van der Waals surface area contributed by atoms with E-state index in [1.165, 1.54) is 26.9 Å². The highest BCUT2D eigenvalue weighted by Crippen LogP contribution is 2.31. The van der Waals surface area contributed by atoms with E-state index in [1.807, 2.05) is 48.5 Å². The Labute approximate surface area is 288 Å². The number of hydrogen-bond acceptors (Lipinski definition) is 7. The molecule has 2 heterocycles. The van der Waals surface area contributed by atoms with Crippen molar-refractivity contribution in [2.45, 2.75) is 31.7 Å². The zero-order valence-electron chi connectivity index (χ0n) is 27.7. The second kappa shape index (κ2) is 14.6. The molecule has 0 bridgehead atoms. The average Bonchev–Trinajstić information content (AvgIpc) is 3.44. The summed E-state index contributed by atoms with van der Waals surface area (Å²) in [4.78, 5) is 58.2. The summed E-state index contributed by atoms with van der Waals surface area (Å²) >= 11 is 0. The first-order valence-electron chi connectivity index (χ1n) is 16.1. The predicted molar refractivity (Wildman–Crippen MR) is 181 cm³/mol. The Hall–Kier alpha value is -6.00. The van der Waals surface area contributed by atoms with Crippen LogP contribution in [0.1, 0.15) is 16.7 Å².